The number of alkyl halides is 1. The average molecular weight is 268 g/mol. The molecule has 0 fully saturated rings. The van der Waals surface area contributed by atoms with Gasteiger partial charge in [0.05, 0.1) is 0 Å². The number of benzene rings is 1. The van der Waals surface area contributed by atoms with Crippen LogP contribution in [-0.2, 0) is 6.54 Å². The van der Waals surface area contributed by atoms with Gasteiger partial charge in [0.25, 0.3) is 0 Å². The number of rotatable bonds is 6. The largest absolute Gasteiger partial charge is 0.311 e. The molecule has 0 aliphatic rings. The minimum absolute atomic E-state index is 0.255. The van der Waals surface area contributed by atoms with Crippen LogP contribution in [0.4, 0.5) is 0 Å². The zero-order valence-corrected chi connectivity index (χ0v) is 11.7. The molecule has 0 saturated carbocycles. The first-order chi connectivity index (χ1) is 8.31. The molecule has 1 aromatic heterocycles. The van der Waals surface area contributed by atoms with Gasteiger partial charge in [0, 0.05) is 23.2 Å². The van der Waals surface area contributed by atoms with E-state index in [1.165, 1.54) is 15.6 Å². The number of thiophene rings is 1. The molecule has 1 nitrogen and oxygen atoms in total. The van der Waals surface area contributed by atoms with Gasteiger partial charge in [0.2, 0.25) is 0 Å². The number of hydrogen-bond donors (Lipinski definition) is 1. The standard InChI is InChI=1S/C14H18ClNS/c1-2-5-12(15)9-16-8-11-10-17-14-7-4-3-6-13(11)14/h3-4,6-7,10,12,16H,2,5,8-9H2,1H3. The van der Waals surface area contributed by atoms with E-state index in [9.17, 15) is 0 Å². The summed E-state index contributed by atoms with van der Waals surface area (Å²) in [5, 5.41) is 7.30. The SMILES string of the molecule is CCCC(Cl)CNCc1csc2ccccc12. The molecule has 2 rings (SSSR count). The Balaban J connectivity index is 1.91. The minimum Gasteiger partial charge on any atom is -0.311 e. The molecule has 0 radical (unpaired) electrons. The molecule has 2 aromatic rings. The number of nitrogens with one attached hydrogen (secondary N) is 1. The molecule has 0 bridgehead atoms. The lowest BCUT2D eigenvalue weighted by Gasteiger charge is -2.09. The van der Waals surface area contributed by atoms with Crippen molar-refractivity contribution in [1.82, 2.24) is 5.32 Å². The normalized spacial score (nSPS) is 13.1. The average Bonchev–Trinajstić information content (AvgIpc) is 2.73. The lowest BCUT2D eigenvalue weighted by atomic mass is 10.2. The van der Waals surface area contributed by atoms with E-state index in [0.29, 0.717) is 0 Å². The second-order valence-corrected chi connectivity index (χ2v) is 5.80. The van der Waals surface area contributed by atoms with E-state index >= 15 is 0 Å². The third-order valence-corrected chi connectivity index (χ3v) is 4.23. The Morgan fingerprint density at radius 2 is 2.18 bits per heavy atom. The van der Waals surface area contributed by atoms with E-state index in [4.69, 9.17) is 11.6 Å². The van der Waals surface area contributed by atoms with E-state index < -0.39 is 0 Å². The van der Waals surface area contributed by atoms with Crippen molar-refractivity contribution in [2.24, 2.45) is 0 Å². The summed E-state index contributed by atoms with van der Waals surface area (Å²) in [6, 6.07) is 8.55. The molecule has 0 aliphatic heterocycles. The van der Waals surface area contributed by atoms with Crippen LogP contribution < -0.4 is 5.32 Å². The summed E-state index contributed by atoms with van der Waals surface area (Å²) in [5.41, 5.74) is 1.38. The van der Waals surface area contributed by atoms with Gasteiger partial charge in [0.1, 0.15) is 0 Å². The van der Waals surface area contributed by atoms with Crippen LogP contribution in [0.5, 0.6) is 0 Å². The summed E-state index contributed by atoms with van der Waals surface area (Å²) in [6.45, 7) is 3.97. The Morgan fingerprint density at radius 3 is 3.00 bits per heavy atom. The molecule has 0 aliphatic carbocycles. The van der Waals surface area contributed by atoms with Gasteiger partial charge in [-0.15, -0.1) is 22.9 Å². The molecule has 0 spiro atoms. The van der Waals surface area contributed by atoms with Crippen LogP contribution in [0.15, 0.2) is 29.6 Å². The van der Waals surface area contributed by atoms with Crippen LogP contribution in [0.1, 0.15) is 25.3 Å². The van der Waals surface area contributed by atoms with Crippen molar-refractivity contribution in [2.45, 2.75) is 31.7 Å². The predicted octanol–water partition coefficient (Wildman–Crippen LogP) is 4.40. The van der Waals surface area contributed by atoms with Crippen LogP contribution in [0.3, 0.4) is 0 Å². The number of fused-ring (bicyclic) bond motifs is 1. The van der Waals surface area contributed by atoms with Gasteiger partial charge in [-0.3, -0.25) is 0 Å². The first-order valence-corrected chi connectivity index (χ1v) is 7.42. The van der Waals surface area contributed by atoms with Gasteiger partial charge in [-0.2, -0.15) is 0 Å². The van der Waals surface area contributed by atoms with Crippen LogP contribution in [0.2, 0.25) is 0 Å². The van der Waals surface area contributed by atoms with Gasteiger partial charge in [0.15, 0.2) is 0 Å². The van der Waals surface area contributed by atoms with Crippen molar-refractivity contribution >= 4 is 33.0 Å². The third kappa shape index (κ3) is 3.44. The molecule has 1 atom stereocenters. The van der Waals surface area contributed by atoms with Crippen molar-refractivity contribution in [2.75, 3.05) is 6.54 Å². The van der Waals surface area contributed by atoms with Crippen molar-refractivity contribution < 1.29 is 0 Å². The number of hydrogen-bond acceptors (Lipinski definition) is 2. The Hall–Kier alpha value is -0.570. The fraction of sp³-hybridized carbons (Fsp3) is 0.429. The molecule has 17 heavy (non-hydrogen) atoms. The van der Waals surface area contributed by atoms with E-state index in [0.717, 1.165) is 25.9 Å². The van der Waals surface area contributed by atoms with Crippen molar-refractivity contribution in [1.29, 1.82) is 0 Å². The molecule has 1 heterocycles. The summed E-state index contributed by atoms with van der Waals surface area (Å²) in [5.74, 6) is 0. The van der Waals surface area contributed by atoms with E-state index in [-0.39, 0.29) is 5.38 Å². The lowest BCUT2D eigenvalue weighted by molar-refractivity contribution is 0.625. The first-order valence-electron chi connectivity index (χ1n) is 6.11. The number of halogens is 1. The Bertz CT molecular complexity index is 466. The Morgan fingerprint density at radius 1 is 1.35 bits per heavy atom. The Kier molecular flexibility index (Phi) is 4.84. The van der Waals surface area contributed by atoms with Gasteiger partial charge in [-0.05, 0) is 28.8 Å². The molecule has 0 saturated heterocycles. The highest BCUT2D eigenvalue weighted by Crippen LogP contribution is 2.25. The molecule has 92 valence electrons. The van der Waals surface area contributed by atoms with E-state index in [1.807, 2.05) is 11.3 Å². The quantitative estimate of drug-likeness (QED) is 0.765. The maximum atomic E-state index is 6.18. The van der Waals surface area contributed by atoms with E-state index in [2.05, 4.69) is 41.9 Å². The van der Waals surface area contributed by atoms with Crippen molar-refractivity contribution in [3.05, 3.63) is 35.2 Å². The second kappa shape index (κ2) is 6.39. The molecule has 1 N–H and O–H groups in total. The van der Waals surface area contributed by atoms with Gasteiger partial charge in [-0.1, -0.05) is 31.5 Å². The van der Waals surface area contributed by atoms with Crippen LogP contribution in [0.25, 0.3) is 10.1 Å². The second-order valence-electron chi connectivity index (χ2n) is 4.27. The fourth-order valence-electron chi connectivity index (χ4n) is 1.95. The van der Waals surface area contributed by atoms with Crippen molar-refractivity contribution in [3.8, 4) is 0 Å². The summed E-state index contributed by atoms with van der Waals surface area (Å²) in [6.07, 6.45) is 2.23. The highest BCUT2D eigenvalue weighted by atomic mass is 35.5. The zero-order valence-electron chi connectivity index (χ0n) is 10.1. The van der Waals surface area contributed by atoms with Gasteiger partial charge >= 0.3 is 0 Å². The van der Waals surface area contributed by atoms with Gasteiger partial charge < -0.3 is 5.32 Å². The summed E-state index contributed by atoms with van der Waals surface area (Å²) in [7, 11) is 0. The summed E-state index contributed by atoms with van der Waals surface area (Å²) >= 11 is 7.99. The maximum absolute atomic E-state index is 6.18. The minimum atomic E-state index is 0.255. The fourth-order valence-corrected chi connectivity index (χ4v) is 3.24. The molecule has 1 aromatic carbocycles. The van der Waals surface area contributed by atoms with Crippen LogP contribution in [-0.4, -0.2) is 11.9 Å². The van der Waals surface area contributed by atoms with E-state index in [1.54, 1.807) is 0 Å². The van der Waals surface area contributed by atoms with Crippen molar-refractivity contribution in [3.63, 3.8) is 0 Å². The summed E-state index contributed by atoms with van der Waals surface area (Å²) < 4.78 is 1.36. The molecular weight excluding hydrogens is 250 g/mol. The molecule has 0 amide bonds. The van der Waals surface area contributed by atoms with Crippen LogP contribution in [0, 0.1) is 0 Å². The smallest absolute Gasteiger partial charge is 0.0460 e. The topological polar surface area (TPSA) is 12.0 Å². The van der Waals surface area contributed by atoms with Crippen LogP contribution >= 0.6 is 22.9 Å². The maximum Gasteiger partial charge on any atom is 0.0460 e. The predicted molar refractivity (Wildman–Crippen MR) is 78.1 cm³/mol. The zero-order chi connectivity index (χ0) is 12.1. The molecular formula is C14H18ClNS. The lowest BCUT2D eigenvalue weighted by Crippen LogP contribution is -2.22. The third-order valence-electron chi connectivity index (χ3n) is 2.84. The monoisotopic (exact) mass is 267 g/mol. The summed E-state index contributed by atoms with van der Waals surface area (Å²) in [4.78, 5) is 0. The Labute approximate surface area is 112 Å². The first kappa shape index (κ1) is 12.9. The highest BCUT2D eigenvalue weighted by Gasteiger charge is 2.05. The molecule has 3 heteroatoms. The van der Waals surface area contributed by atoms with Gasteiger partial charge in [-0.25, -0.2) is 0 Å². The molecule has 1 unspecified atom stereocenters. The highest BCUT2D eigenvalue weighted by molar-refractivity contribution is 7.17.